The van der Waals surface area contributed by atoms with Crippen molar-refractivity contribution in [3.05, 3.63) is 56.8 Å². The SMILES string of the molecule is CCc1ccsc1CNCc1c(C)cccc1C. The van der Waals surface area contributed by atoms with Crippen LogP contribution >= 0.6 is 11.3 Å². The highest BCUT2D eigenvalue weighted by molar-refractivity contribution is 7.10. The molecule has 0 amide bonds. The van der Waals surface area contributed by atoms with E-state index in [4.69, 9.17) is 0 Å². The first-order chi connectivity index (χ1) is 8.72. The Morgan fingerprint density at radius 2 is 1.78 bits per heavy atom. The fourth-order valence-corrected chi connectivity index (χ4v) is 3.21. The first-order valence-electron chi connectivity index (χ1n) is 6.53. The van der Waals surface area contributed by atoms with Crippen LogP contribution in [0.4, 0.5) is 0 Å². The minimum absolute atomic E-state index is 0.958. The van der Waals surface area contributed by atoms with Gasteiger partial charge in [-0.15, -0.1) is 11.3 Å². The maximum atomic E-state index is 3.57. The summed E-state index contributed by atoms with van der Waals surface area (Å²) in [6, 6.07) is 8.74. The van der Waals surface area contributed by atoms with Gasteiger partial charge in [0.1, 0.15) is 0 Å². The Balaban J connectivity index is 1.97. The Labute approximate surface area is 114 Å². The summed E-state index contributed by atoms with van der Waals surface area (Å²) >= 11 is 1.86. The Morgan fingerprint density at radius 3 is 2.44 bits per heavy atom. The molecule has 0 saturated carbocycles. The van der Waals surface area contributed by atoms with Crippen molar-refractivity contribution in [2.45, 2.75) is 40.3 Å². The molecule has 1 N–H and O–H groups in total. The van der Waals surface area contributed by atoms with Crippen molar-refractivity contribution in [3.8, 4) is 0 Å². The summed E-state index contributed by atoms with van der Waals surface area (Å²) in [5.74, 6) is 0. The molecule has 0 saturated heterocycles. The van der Waals surface area contributed by atoms with Gasteiger partial charge in [-0.2, -0.15) is 0 Å². The molecule has 0 unspecified atom stereocenters. The Kier molecular flexibility index (Phi) is 4.56. The number of hydrogen-bond donors (Lipinski definition) is 1. The van der Waals surface area contributed by atoms with Crippen molar-refractivity contribution in [1.29, 1.82) is 0 Å². The van der Waals surface area contributed by atoms with Crippen LogP contribution in [0.3, 0.4) is 0 Å². The summed E-state index contributed by atoms with van der Waals surface area (Å²) < 4.78 is 0. The maximum Gasteiger partial charge on any atom is 0.0305 e. The molecule has 2 heteroatoms. The molecule has 0 fully saturated rings. The van der Waals surface area contributed by atoms with Crippen LogP contribution in [0.2, 0.25) is 0 Å². The van der Waals surface area contributed by atoms with E-state index >= 15 is 0 Å². The quantitative estimate of drug-likeness (QED) is 0.848. The van der Waals surface area contributed by atoms with Gasteiger partial charge in [0.05, 0.1) is 0 Å². The largest absolute Gasteiger partial charge is 0.308 e. The molecule has 2 aromatic rings. The highest BCUT2D eigenvalue weighted by Gasteiger charge is 2.04. The lowest BCUT2D eigenvalue weighted by Gasteiger charge is -2.11. The average molecular weight is 259 g/mol. The zero-order valence-corrected chi connectivity index (χ0v) is 12.2. The normalized spacial score (nSPS) is 10.8. The number of aryl methyl sites for hydroxylation is 3. The van der Waals surface area contributed by atoms with Gasteiger partial charge in [0, 0.05) is 18.0 Å². The molecule has 0 atom stereocenters. The molecule has 96 valence electrons. The van der Waals surface area contributed by atoms with Crippen LogP contribution in [0.15, 0.2) is 29.6 Å². The van der Waals surface area contributed by atoms with Gasteiger partial charge in [0.2, 0.25) is 0 Å². The van der Waals surface area contributed by atoms with Crippen molar-refractivity contribution in [1.82, 2.24) is 5.32 Å². The third-order valence-electron chi connectivity index (χ3n) is 3.45. The van der Waals surface area contributed by atoms with Crippen LogP contribution in [0.5, 0.6) is 0 Å². The van der Waals surface area contributed by atoms with E-state index in [1.807, 2.05) is 11.3 Å². The maximum absolute atomic E-state index is 3.57. The van der Waals surface area contributed by atoms with E-state index in [0.29, 0.717) is 0 Å². The third-order valence-corrected chi connectivity index (χ3v) is 4.41. The standard InChI is InChI=1S/C16H21NS/c1-4-14-8-9-18-16(14)11-17-10-15-12(2)6-5-7-13(15)3/h5-9,17H,4,10-11H2,1-3H3. The van der Waals surface area contributed by atoms with E-state index in [-0.39, 0.29) is 0 Å². The van der Waals surface area contributed by atoms with E-state index in [9.17, 15) is 0 Å². The zero-order valence-electron chi connectivity index (χ0n) is 11.4. The fourth-order valence-electron chi connectivity index (χ4n) is 2.27. The summed E-state index contributed by atoms with van der Waals surface area (Å²) in [5, 5.41) is 5.76. The van der Waals surface area contributed by atoms with Crippen LogP contribution < -0.4 is 5.32 Å². The van der Waals surface area contributed by atoms with Gasteiger partial charge < -0.3 is 5.32 Å². The van der Waals surface area contributed by atoms with Gasteiger partial charge >= 0.3 is 0 Å². The fraction of sp³-hybridized carbons (Fsp3) is 0.375. The predicted molar refractivity (Wildman–Crippen MR) is 80.2 cm³/mol. The molecule has 2 rings (SSSR count). The average Bonchev–Trinajstić information content (AvgIpc) is 2.80. The second kappa shape index (κ2) is 6.17. The van der Waals surface area contributed by atoms with E-state index in [1.165, 1.54) is 27.1 Å². The van der Waals surface area contributed by atoms with E-state index in [1.54, 1.807) is 0 Å². The number of nitrogens with one attached hydrogen (secondary N) is 1. The molecule has 0 aliphatic rings. The summed E-state index contributed by atoms with van der Waals surface area (Å²) in [6.45, 7) is 8.53. The van der Waals surface area contributed by atoms with Gasteiger partial charge in [0.15, 0.2) is 0 Å². The molecule has 0 radical (unpaired) electrons. The number of hydrogen-bond acceptors (Lipinski definition) is 2. The third kappa shape index (κ3) is 3.01. The lowest BCUT2D eigenvalue weighted by molar-refractivity contribution is 0.691. The number of rotatable bonds is 5. The molecule has 0 aliphatic heterocycles. The zero-order chi connectivity index (χ0) is 13.0. The van der Waals surface area contributed by atoms with Gasteiger partial charge in [-0.1, -0.05) is 25.1 Å². The first kappa shape index (κ1) is 13.3. The van der Waals surface area contributed by atoms with E-state index < -0.39 is 0 Å². The van der Waals surface area contributed by atoms with Gasteiger partial charge in [-0.3, -0.25) is 0 Å². The van der Waals surface area contributed by atoms with Crippen LogP contribution in [-0.2, 0) is 19.5 Å². The number of benzene rings is 1. The predicted octanol–water partition coefficient (Wildman–Crippen LogP) is 4.22. The summed E-state index contributed by atoms with van der Waals surface area (Å²) in [6.07, 6.45) is 1.13. The van der Waals surface area contributed by atoms with Crippen molar-refractivity contribution in [2.24, 2.45) is 0 Å². The first-order valence-corrected chi connectivity index (χ1v) is 7.41. The number of thiophene rings is 1. The minimum Gasteiger partial charge on any atom is -0.308 e. The molecule has 1 heterocycles. The van der Waals surface area contributed by atoms with Crippen molar-refractivity contribution in [2.75, 3.05) is 0 Å². The summed E-state index contributed by atoms with van der Waals surface area (Å²) in [4.78, 5) is 1.48. The molecular formula is C16H21NS. The monoisotopic (exact) mass is 259 g/mol. The molecule has 1 nitrogen and oxygen atoms in total. The van der Waals surface area contributed by atoms with E-state index in [0.717, 1.165) is 19.5 Å². The van der Waals surface area contributed by atoms with Crippen molar-refractivity contribution < 1.29 is 0 Å². The molecule has 0 spiro atoms. The van der Waals surface area contributed by atoms with Crippen LogP contribution in [0.25, 0.3) is 0 Å². The molecule has 0 bridgehead atoms. The minimum atomic E-state index is 0.958. The summed E-state index contributed by atoms with van der Waals surface area (Å²) in [5.41, 5.74) is 5.68. The van der Waals surface area contributed by atoms with Crippen LogP contribution in [-0.4, -0.2) is 0 Å². The Morgan fingerprint density at radius 1 is 1.06 bits per heavy atom. The topological polar surface area (TPSA) is 12.0 Å². The highest BCUT2D eigenvalue weighted by atomic mass is 32.1. The molecule has 0 aliphatic carbocycles. The Hall–Kier alpha value is -1.12. The Bertz CT molecular complexity index is 493. The summed E-state index contributed by atoms with van der Waals surface area (Å²) in [7, 11) is 0. The second-order valence-electron chi connectivity index (χ2n) is 4.70. The van der Waals surface area contributed by atoms with Crippen molar-refractivity contribution in [3.63, 3.8) is 0 Å². The second-order valence-corrected chi connectivity index (χ2v) is 5.70. The lowest BCUT2D eigenvalue weighted by atomic mass is 10.0. The van der Waals surface area contributed by atoms with E-state index in [2.05, 4.69) is 55.7 Å². The van der Waals surface area contributed by atoms with Gasteiger partial charge in [0.25, 0.3) is 0 Å². The highest BCUT2D eigenvalue weighted by Crippen LogP contribution is 2.18. The van der Waals surface area contributed by atoms with Crippen molar-refractivity contribution >= 4 is 11.3 Å². The molecule has 1 aromatic heterocycles. The van der Waals surface area contributed by atoms with Crippen LogP contribution in [0.1, 0.15) is 34.1 Å². The smallest absolute Gasteiger partial charge is 0.0305 e. The van der Waals surface area contributed by atoms with Gasteiger partial charge in [-0.05, 0) is 54.0 Å². The van der Waals surface area contributed by atoms with Crippen LogP contribution in [0, 0.1) is 13.8 Å². The van der Waals surface area contributed by atoms with Gasteiger partial charge in [-0.25, -0.2) is 0 Å². The molecular weight excluding hydrogens is 238 g/mol. The lowest BCUT2D eigenvalue weighted by Crippen LogP contribution is -2.14. The molecule has 1 aromatic carbocycles. The molecule has 18 heavy (non-hydrogen) atoms.